The van der Waals surface area contributed by atoms with E-state index in [9.17, 15) is 24.5 Å². The van der Waals surface area contributed by atoms with Gasteiger partial charge in [-0.2, -0.15) is 0 Å². The zero-order chi connectivity index (χ0) is 23.1. The number of halogens is 1. The molecule has 0 bridgehead atoms. The molecule has 0 aliphatic carbocycles. The molecule has 166 valence electrons. The van der Waals surface area contributed by atoms with Gasteiger partial charge >= 0.3 is 0 Å². The van der Waals surface area contributed by atoms with Crippen molar-refractivity contribution in [3.8, 4) is 0 Å². The predicted octanol–water partition coefficient (Wildman–Crippen LogP) is 3.90. The third-order valence-electron chi connectivity index (χ3n) is 4.47. The van der Waals surface area contributed by atoms with Gasteiger partial charge in [-0.25, -0.2) is 0 Å². The first-order valence-electron chi connectivity index (χ1n) is 9.60. The molecule has 2 aromatic carbocycles. The van der Waals surface area contributed by atoms with E-state index in [-0.39, 0.29) is 37.6 Å². The Morgan fingerprint density at radius 1 is 1.12 bits per heavy atom. The number of hydrogen-bond donors (Lipinski definition) is 2. The molecule has 2 N–H and O–H groups in total. The van der Waals surface area contributed by atoms with E-state index in [1.807, 2.05) is 0 Å². The Kier molecular flexibility index (Phi) is 7.85. The molecule has 3 rings (SSSR count). The molecular formula is C21H19ClN4O5S. The molecule has 0 radical (unpaired) electrons. The van der Waals surface area contributed by atoms with Crippen LogP contribution in [0.25, 0.3) is 6.08 Å². The molecule has 2 aromatic rings. The highest BCUT2D eigenvalue weighted by molar-refractivity contribution is 8.18. The largest absolute Gasteiger partial charge is 0.379 e. The van der Waals surface area contributed by atoms with Gasteiger partial charge in [0.15, 0.2) is 0 Å². The number of carbonyl (C=O) groups is 3. The number of benzene rings is 2. The van der Waals surface area contributed by atoms with Crippen LogP contribution in [0.15, 0.2) is 53.4 Å². The molecule has 1 fully saturated rings. The fourth-order valence-electron chi connectivity index (χ4n) is 2.89. The van der Waals surface area contributed by atoms with Crippen LogP contribution in [-0.4, -0.2) is 46.5 Å². The van der Waals surface area contributed by atoms with Gasteiger partial charge in [-0.15, -0.1) is 0 Å². The Morgan fingerprint density at radius 3 is 2.56 bits per heavy atom. The molecule has 0 spiro atoms. The van der Waals surface area contributed by atoms with Gasteiger partial charge in [-0.1, -0.05) is 35.9 Å². The average Bonchev–Trinajstić information content (AvgIpc) is 3.03. The number of para-hydroxylation sites is 2. The fraction of sp³-hybridized carbons (Fsp3) is 0.190. The number of nitrogens with zero attached hydrogens (tertiary/aromatic N) is 2. The number of nitrogens with one attached hydrogen (secondary N) is 2. The van der Waals surface area contributed by atoms with Gasteiger partial charge in [0.05, 0.1) is 9.83 Å². The molecule has 0 saturated carbocycles. The van der Waals surface area contributed by atoms with Crippen LogP contribution in [0.1, 0.15) is 12.0 Å². The summed E-state index contributed by atoms with van der Waals surface area (Å²) in [6.07, 6.45) is 1.69. The van der Waals surface area contributed by atoms with Gasteiger partial charge in [-0.3, -0.25) is 29.4 Å². The lowest BCUT2D eigenvalue weighted by atomic mass is 10.2. The van der Waals surface area contributed by atoms with Crippen LogP contribution in [0, 0.1) is 10.1 Å². The van der Waals surface area contributed by atoms with E-state index in [0.717, 1.165) is 22.2 Å². The van der Waals surface area contributed by atoms with E-state index in [1.165, 1.54) is 6.07 Å². The number of thioether (sulfide) groups is 1. The number of nitro groups is 1. The van der Waals surface area contributed by atoms with Crippen LogP contribution in [0.2, 0.25) is 5.02 Å². The monoisotopic (exact) mass is 474 g/mol. The summed E-state index contributed by atoms with van der Waals surface area (Å²) in [5.74, 6) is -0.720. The smallest absolute Gasteiger partial charge is 0.293 e. The first-order valence-corrected chi connectivity index (χ1v) is 10.8. The van der Waals surface area contributed by atoms with Crippen LogP contribution in [0.3, 0.4) is 0 Å². The van der Waals surface area contributed by atoms with Crippen molar-refractivity contribution >= 4 is 57.9 Å². The Labute approximate surface area is 193 Å². The number of carbonyl (C=O) groups excluding carboxylic acids is 3. The number of imide groups is 1. The summed E-state index contributed by atoms with van der Waals surface area (Å²) in [6.45, 7) is 0.352. The maximum atomic E-state index is 12.5. The summed E-state index contributed by atoms with van der Waals surface area (Å²) >= 11 is 6.69. The van der Waals surface area contributed by atoms with E-state index in [0.29, 0.717) is 15.6 Å². The van der Waals surface area contributed by atoms with E-state index in [4.69, 9.17) is 11.6 Å². The molecule has 11 heteroatoms. The van der Waals surface area contributed by atoms with Gasteiger partial charge in [0.2, 0.25) is 5.91 Å². The zero-order valence-corrected chi connectivity index (χ0v) is 18.3. The summed E-state index contributed by atoms with van der Waals surface area (Å²) in [5, 5.41) is 16.7. The van der Waals surface area contributed by atoms with Crippen LogP contribution < -0.4 is 10.6 Å². The Balaban J connectivity index is 1.44. The van der Waals surface area contributed by atoms with E-state index in [1.54, 1.807) is 48.5 Å². The van der Waals surface area contributed by atoms with Crippen molar-refractivity contribution in [2.75, 3.05) is 25.0 Å². The second-order valence-electron chi connectivity index (χ2n) is 6.69. The lowest BCUT2D eigenvalue weighted by Gasteiger charge is -2.13. The van der Waals surface area contributed by atoms with Crippen molar-refractivity contribution in [3.63, 3.8) is 0 Å². The number of amides is 3. The van der Waals surface area contributed by atoms with Gasteiger partial charge < -0.3 is 10.6 Å². The van der Waals surface area contributed by atoms with E-state index in [2.05, 4.69) is 10.6 Å². The summed E-state index contributed by atoms with van der Waals surface area (Å²) < 4.78 is 0. The van der Waals surface area contributed by atoms with Crippen molar-refractivity contribution in [3.05, 3.63) is 74.1 Å². The van der Waals surface area contributed by atoms with Gasteiger partial charge in [0, 0.05) is 37.1 Å². The second kappa shape index (κ2) is 10.8. The highest BCUT2D eigenvalue weighted by Gasteiger charge is 2.34. The average molecular weight is 475 g/mol. The Hall–Kier alpha value is -3.37. The molecule has 1 aliphatic rings. The number of nitro benzene ring substituents is 1. The standard InChI is InChI=1S/C21H19ClN4O5S/c22-15-7-5-14(6-8-15)13-18-20(28)25(21(29)32-18)12-11-24-19(27)9-10-23-16-3-1-2-4-17(16)26(30)31/h1-8,13,23H,9-12H2,(H,24,27)/b18-13-. The Morgan fingerprint density at radius 2 is 1.84 bits per heavy atom. The minimum absolute atomic E-state index is 0.0476. The topological polar surface area (TPSA) is 122 Å². The van der Waals surface area contributed by atoms with Gasteiger partial charge in [0.25, 0.3) is 16.8 Å². The van der Waals surface area contributed by atoms with Crippen molar-refractivity contribution < 1.29 is 19.3 Å². The molecule has 32 heavy (non-hydrogen) atoms. The Bertz CT molecular complexity index is 1070. The third kappa shape index (κ3) is 6.08. The van der Waals surface area contributed by atoms with Crippen molar-refractivity contribution in [1.29, 1.82) is 0 Å². The van der Waals surface area contributed by atoms with Gasteiger partial charge in [-0.05, 0) is 41.6 Å². The molecule has 9 nitrogen and oxygen atoms in total. The molecule has 0 aromatic heterocycles. The molecule has 0 atom stereocenters. The number of anilines is 1. The van der Waals surface area contributed by atoms with E-state index < -0.39 is 16.1 Å². The second-order valence-corrected chi connectivity index (χ2v) is 8.12. The third-order valence-corrected chi connectivity index (χ3v) is 5.63. The lowest BCUT2D eigenvalue weighted by Crippen LogP contribution is -2.37. The molecule has 0 unspecified atom stereocenters. The maximum Gasteiger partial charge on any atom is 0.293 e. The normalized spacial score (nSPS) is 14.7. The van der Waals surface area contributed by atoms with Crippen molar-refractivity contribution in [2.24, 2.45) is 0 Å². The van der Waals surface area contributed by atoms with Crippen LogP contribution in [-0.2, 0) is 9.59 Å². The van der Waals surface area contributed by atoms with Crippen LogP contribution in [0.4, 0.5) is 16.2 Å². The van der Waals surface area contributed by atoms with Crippen LogP contribution in [0.5, 0.6) is 0 Å². The maximum absolute atomic E-state index is 12.5. The highest BCUT2D eigenvalue weighted by atomic mass is 35.5. The van der Waals surface area contributed by atoms with Crippen molar-refractivity contribution in [2.45, 2.75) is 6.42 Å². The summed E-state index contributed by atoms with van der Waals surface area (Å²) in [6, 6.07) is 13.0. The van der Waals surface area contributed by atoms with Gasteiger partial charge in [0.1, 0.15) is 5.69 Å². The molecule has 1 saturated heterocycles. The minimum Gasteiger partial charge on any atom is -0.379 e. The molecule has 1 aliphatic heterocycles. The zero-order valence-electron chi connectivity index (χ0n) is 16.7. The van der Waals surface area contributed by atoms with Crippen LogP contribution >= 0.6 is 23.4 Å². The fourth-order valence-corrected chi connectivity index (χ4v) is 3.88. The minimum atomic E-state index is -0.500. The predicted molar refractivity (Wildman–Crippen MR) is 123 cm³/mol. The van der Waals surface area contributed by atoms with Crippen molar-refractivity contribution in [1.82, 2.24) is 10.2 Å². The lowest BCUT2D eigenvalue weighted by molar-refractivity contribution is -0.384. The summed E-state index contributed by atoms with van der Waals surface area (Å²) in [4.78, 5) is 48.5. The molecular weight excluding hydrogens is 456 g/mol. The van der Waals surface area contributed by atoms with E-state index >= 15 is 0 Å². The highest BCUT2D eigenvalue weighted by Crippen LogP contribution is 2.32. The SMILES string of the molecule is O=C(CCNc1ccccc1[N+](=O)[O-])NCCN1C(=O)S/C(=C\c2ccc(Cl)cc2)C1=O. The summed E-state index contributed by atoms with van der Waals surface area (Å²) in [5.41, 5.74) is 1.01. The molecule has 3 amide bonds. The number of rotatable bonds is 9. The first-order chi connectivity index (χ1) is 15.3. The first kappa shape index (κ1) is 23.3. The quantitative estimate of drug-likeness (QED) is 0.321. The number of hydrogen-bond acceptors (Lipinski definition) is 7. The molecule has 1 heterocycles. The summed E-state index contributed by atoms with van der Waals surface area (Å²) in [7, 11) is 0.